The molecule has 2 N–H and O–H groups in total. The molecular weight excluding hydrogens is 531 g/mol. The summed E-state index contributed by atoms with van der Waals surface area (Å²) in [6.07, 6.45) is 5.20. The standard InChI is InChI=1S/C20H29ClN8O.HI/c1-14-26-27-18(28(14)2)12-24-20(23-11-16-5-4-10-30-16)25-15-7-9-29(13-15)19-17(21)6-3-8-22-19;/h3,6,8,15-16H,4-5,7,9-13H2,1-2H3,(H2,23,24,25);1H. The summed E-state index contributed by atoms with van der Waals surface area (Å²) in [7, 11) is 1.96. The second-order valence-corrected chi connectivity index (χ2v) is 8.20. The van der Waals surface area contributed by atoms with Gasteiger partial charge in [0.2, 0.25) is 0 Å². The van der Waals surface area contributed by atoms with E-state index in [4.69, 9.17) is 21.3 Å². The smallest absolute Gasteiger partial charge is 0.192 e. The minimum absolute atomic E-state index is 0. The number of nitrogens with one attached hydrogen (secondary N) is 2. The molecule has 2 atom stereocenters. The van der Waals surface area contributed by atoms with E-state index < -0.39 is 0 Å². The normalized spacial score (nSPS) is 21.3. The average Bonchev–Trinajstić information content (AvgIpc) is 3.49. The number of nitrogens with zero attached hydrogens (tertiary/aromatic N) is 6. The Morgan fingerprint density at radius 2 is 2.23 bits per heavy atom. The van der Waals surface area contributed by atoms with Gasteiger partial charge in [-0.2, -0.15) is 0 Å². The number of aryl methyl sites for hydroxylation is 1. The highest BCUT2D eigenvalue weighted by Gasteiger charge is 2.26. The first kappa shape index (κ1) is 24.0. The predicted octanol–water partition coefficient (Wildman–Crippen LogP) is 2.28. The van der Waals surface area contributed by atoms with Gasteiger partial charge in [-0.3, -0.25) is 0 Å². The molecule has 2 aromatic rings. The van der Waals surface area contributed by atoms with Gasteiger partial charge in [-0.1, -0.05) is 11.6 Å². The first-order valence-electron chi connectivity index (χ1n) is 10.5. The summed E-state index contributed by atoms with van der Waals surface area (Å²) < 4.78 is 7.70. The van der Waals surface area contributed by atoms with E-state index in [1.807, 2.05) is 30.7 Å². The molecular formula is C20H30ClIN8O. The summed E-state index contributed by atoms with van der Waals surface area (Å²) in [5.41, 5.74) is 0. The van der Waals surface area contributed by atoms with Crippen LogP contribution < -0.4 is 15.5 Å². The van der Waals surface area contributed by atoms with E-state index in [2.05, 4.69) is 30.7 Å². The van der Waals surface area contributed by atoms with Crippen molar-refractivity contribution in [3.8, 4) is 0 Å². The number of ether oxygens (including phenoxy) is 1. The fourth-order valence-corrected chi connectivity index (χ4v) is 4.02. The van der Waals surface area contributed by atoms with Crippen molar-refractivity contribution in [2.24, 2.45) is 12.0 Å². The summed E-state index contributed by atoms with van der Waals surface area (Å²) in [6.45, 7) is 5.70. The van der Waals surface area contributed by atoms with Crippen molar-refractivity contribution < 1.29 is 4.74 Å². The minimum Gasteiger partial charge on any atom is -0.376 e. The summed E-state index contributed by atoms with van der Waals surface area (Å²) in [6, 6.07) is 3.98. The highest BCUT2D eigenvalue weighted by Crippen LogP contribution is 2.25. The number of aliphatic imine (C=N–C) groups is 1. The Balaban J connectivity index is 0.00000272. The number of hydrogen-bond acceptors (Lipinski definition) is 6. The van der Waals surface area contributed by atoms with E-state index in [1.165, 1.54) is 0 Å². The summed E-state index contributed by atoms with van der Waals surface area (Å²) in [5, 5.41) is 16.0. The third kappa shape index (κ3) is 6.19. The summed E-state index contributed by atoms with van der Waals surface area (Å²) in [4.78, 5) is 11.4. The number of aromatic nitrogens is 4. The zero-order chi connectivity index (χ0) is 20.9. The Morgan fingerprint density at radius 3 is 2.94 bits per heavy atom. The molecule has 0 spiro atoms. The molecule has 2 unspecified atom stereocenters. The molecule has 0 aliphatic carbocycles. The highest BCUT2D eigenvalue weighted by atomic mass is 127. The van der Waals surface area contributed by atoms with E-state index in [0.29, 0.717) is 11.6 Å². The van der Waals surface area contributed by atoms with Gasteiger partial charge in [-0.15, -0.1) is 34.2 Å². The van der Waals surface area contributed by atoms with Crippen LogP contribution in [0.3, 0.4) is 0 Å². The molecule has 0 saturated carbocycles. The van der Waals surface area contributed by atoms with Crippen LogP contribution in [0.2, 0.25) is 5.02 Å². The van der Waals surface area contributed by atoms with Crippen molar-refractivity contribution in [2.75, 3.05) is 31.1 Å². The highest BCUT2D eigenvalue weighted by molar-refractivity contribution is 14.0. The molecule has 9 nitrogen and oxygen atoms in total. The third-order valence-electron chi connectivity index (χ3n) is 5.65. The molecule has 2 aromatic heterocycles. The molecule has 0 radical (unpaired) electrons. The van der Waals surface area contributed by atoms with E-state index >= 15 is 0 Å². The molecule has 0 bridgehead atoms. The van der Waals surface area contributed by atoms with E-state index in [1.54, 1.807) is 6.20 Å². The van der Waals surface area contributed by atoms with Crippen molar-refractivity contribution >= 4 is 47.4 Å². The topological polar surface area (TPSA) is 92.5 Å². The average molecular weight is 561 g/mol. The number of halogens is 2. The summed E-state index contributed by atoms with van der Waals surface area (Å²) in [5.74, 6) is 3.31. The lowest BCUT2D eigenvalue weighted by Crippen LogP contribution is -2.46. The van der Waals surface area contributed by atoms with Crippen molar-refractivity contribution in [2.45, 2.75) is 44.9 Å². The van der Waals surface area contributed by atoms with Crippen LogP contribution in [0, 0.1) is 6.92 Å². The van der Waals surface area contributed by atoms with Gasteiger partial charge in [0.15, 0.2) is 11.8 Å². The number of anilines is 1. The van der Waals surface area contributed by atoms with Crippen LogP contribution >= 0.6 is 35.6 Å². The van der Waals surface area contributed by atoms with Crippen LogP contribution in [0.15, 0.2) is 23.3 Å². The third-order valence-corrected chi connectivity index (χ3v) is 5.95. The van der Waals surface area contributed by atoms with Crippen LogP contribution in [-0.4, -0.2) is 64.1 Å². The lowest BCUT2D eigenvalue weighted by atomic mass is 10.2. The Bertz CT molecular complexity index is 886. The maximum Gasteiger partial charge on any atom is 0.192 e. The van der Waals surface area contributed by atoms with Crippen molar-refractivity contribution in [3.05, 3.63) is 35.0 Å². The van der Waals surface area contributed by atoms with E-state index in [9.17, 15) is 0 Å². The van der Waals surface area contributed by atoms with E-state index in [-0.39, 0.29) is 36.1 Å². The number of hydrogen-bond donors (Lipinski definition) is 2. The van der Waals surface area contributed by atoms with Gasteiger partial charge in [0.1, 0.15) is 18.2 Å². The van der Waals surface area contributed by atoms with Crippen LogP contribution in [0.1, 0.15) is 30.9 Å². The Morgan fingerprint density at radius 1 is 1.35 bits per heavy atom. The van der Waals surface area contributed by atoms with Crippen LogP contribution in [0.25, 0.3) is 0 Å². The second-order valence-electron chi connectivity index (χ2n) is 7.79. The van der Waals surface area contributed by atoms with Gasteiger partial charge in [0.25, 0.3) is 0 Å². The summed E-state index contributed by atoms with van der Waals surface area (Å²) >= 11 is 6.32. The van der Waals surface area contributed by atoms with Gasteiger partial charge in [-0.05, 0) is 38.3 Å². The quantitative estimate of drug-likeness (QED) is 0.318. The molecule has 170 valence electrons. The zero-order valence-corrected chi connectivity index (χ0v) is 21.0. The first-order valence-corrected chi connectivity index (χ1v) is 10.8. The molecule has 2 saturated heterocycles. The number of pyridine rings is 1. The van der Waals surface area contributed by atoms with Crippen molar-refractivity contribution in [1.82, 2.24) is 30.4 Å². The molecule has 0 aromatic carbocycles. The van der Waals surface area contributed by atoms with E-state index in [0.717, 1.165) is 68.9 Å². The molecule has 2 fully saturated rings. The molecule has 2 aliphatic rings. The Kier molecular flexibility index (Phi) is 8.73. The molecule has 2 aliphatic heterocycles. The second kappa shape index (κ2) is 11.3. The Hall–Kier alpha value is -1.66. The maximum atomic E-state index is 6.32. The largest absolute Gasteiger partial charge is 0.376 e. The number of guanidine groups is 1. The number of rotatable bonds is 6. The van der Waals surface area contributed by atoms with Gasteiger partial charge >= 0.3 is 0 Å². The van der Waals surface area contributed by atoms with Crippen LogP contribution in [-0.2, 0) is 18.3 Å². The van der Waals surface area contributed by atoms with Crippen LogP contribution in [0.5, 0.6) is 0 Å². The van der Waals surface area contributed by atoms with Gasteiger partial charge < -0.3 is 24.8 Å². The molecule has 0 amide bonds. The predicted molar refractivity (Wildman–Crippen MR) is 132 cm³/mol. The fraction of sp³-hybridized carbons (Fsp3) is 0.600. The zero-order valence-electron chi connectivity index (χ0n) is 17.9. The van der Waals surface area contributed by atoms with Gasteiger partial charge in [0.05, 0.1) is 11.1 Å². The van der Waals surface area contributed by atoms with Crippen molar-refractivity contribution in [1.29, 1.82) is 0 Å². The fourth-order valence-electron chi connectivity index (χ4n) is 3.78. The maximum absolute atomic E-state index is 6.32. The SMILES string of the molecule is Cc1nnc(CN=C(NCC2CCCO2)NC2CCN(c3ncccc3Cl)C2)n1C.I. The van der Waals surface area contributed by atoms with Crippen molar-refractivity contribution in [3.63, 3.8) is 0 Å². The van der Waals surface area contributed by atoms with Gasteiger partial charge in [-0.25, -0.2) is 9.98 Å². The monoisotopic (exact) mass is 560 g/mol. The minimum atomic E-state index is 0. The Labute approximate surface area is 205 Å². The molecule has 31 heavy (non-hydrogen) atoms. The van der Waals surface area contributed by atoms with Gasteiger partial charge in [0, 0.05) is 45.5 Å². The molecule has 4 heterocycles. The first-order chi connectivity index (χ1) is 14.6. The molecule has 11 heteroatoms. The van der Waals surface area contributed by atoms with Crippen LogP contribution in [0.4, 0.5) is 5.82 Å². The molecule has 4 rings (SSSR count). The lowest BCUT2D eigenvalue weighted by Gasteiger charge is -2.21. The lowest BCUT2D eigenvalue weighted by molar-refractivity contribution is 0.113.